The number of piperidine rings is 1. The van der Waals surface area contributed by atoms with Crippen LogP contribution in [-0.2, 0) is 14.8 Å². The summed E-state index contributed by atoms with van der Waals surface area (Å²) in [7, 11) is -2.34. The molecule has 2 N–H and O–H groups in total. The molecule has 0 atom stereocenters. The Kier molecular flexibility index (Phi) is 8.56. The minimum Gasteiger partial charge on any atom is -0.490 e. The molecule has 1 aliphatic heterocycles. The molecule has 2 rings (SSSR count). The smallest absolute Gasteiger partial charge is 0.244 e. The van der Waals surface area contributed by atoms with Crippen LogP contribution < -0.4 is 14.8 Å². The van der Waals surface area contributed by atoms with Gasteiger partial charge < -0.3 is 14.8 Å². The van der Waals surface area contributed by atoms with E-state index in [0.29, 0.717) is 13.2 Å². The van der Waals surface area contributed by atoms with Crippen LogP contribution in [-0.4, -0.2) is 48.4 Å². The van der Waals surface area contributed by atoms with Gasteiger partial charge in [-0.25, -0.2) is 17.5 Å². The van der Waals surface area contributed by atoms with Crippen LogP contribution >= 0.6 is 12.4 Å². The molecule has 0 unspecified atom stereocenters. The van der Waals surface area contributed by atoms with Crippen molar-refractivity contribution in [3.63, 3.8) is 0 Å². The summed E-state index contributed by atoms with van der Waals surface area (Å²) >= 11 is 0. The van der Waals surface area contributed by atoms with Crippen molar-refractivity contribution in [1.29, 1.82) is 0 Å². The highest BCUT2D eigenvalue weighted by Gasteiger charge is 2.30. The fourth-order valence-corrected chi connectivity index (χ4v) is 3.95. The Hall–Kier alpha value is -0.930. The van der Waals surface area contributed by atoms with E-state index in [4.69, 9.17) is 9.47 Å². The van der Waals surface area contributed by atoms with E-state index in [9.17, 15) is 12.8 Å². The van der Waals surface area contributed by atoms with Crippen molar-refractivity contribution in [3.05, 3.63) is 24.0 Å². The predicted octanol–water partition coefficient (Wildman–Crippen LogP) is 1.94. The maximum atomic E-state index is 13.6. The second-order valence-corrected chi connectivity index (χ2v) is 8.05. The number of benzene rings is 1. The SMILES string of the molecule is COCCOc1ccc(F)cc1S(=O)(=O)NCC1(C)CCNCC1.Cl. The van der Waals surface area contributed by atoms with E-state index in [1.807, 2.05) is 0 Å². The van der Waals surface area contributed by atoms with Gasteiger partial charge in [0.1, 0.15) is 23.1 Å². The first-order valence-corrected chi connectivity index (χ1v) is 9.46. The van der Waals surface area contributed by atoms with Crippen molar-refractivity contribution in [2.24, 2.45) is 5.41 Å². The number of sulfonamides is 1. The lowest BCUT2D eigenvalue weighted by Gasteiger charge is -2.34. The zero-order valence-corrected chi connectivity index (χ0v) is 16.1. The molecular weight excluding hydrogens is 371 g/mol. The molecule has 0 radical (unpaired) electrons. The van der Waals surface area contributed by atoms with E-state index in [-0.39, 0.29) is 35.1 Å². The zero-order valence-electron chi connectivity index (χ0n) is 14.5. The summed E-state index contributed by atoms with van der Waals surface area (Å²) in [6.07, 6.45) is 1.77. The Morgan fingerprint density at radius 1 is 1.28 bits per heavy atom. The van der Waals surface area contributed by atoms with Gasteiger partial charge in [-0.2, -0.15) is 0 Å². The summed E-state index contributed by atoms with van der Waals surface area (Å²) in [6.45, 7) is 4.60. The van der Waals surface area contributed by atoms with Gasteiger partial charge in [0.15, 0.2) is 0 Å². The molecule has 1 aromatic rings. The van der Waals surface area contributed by atoms with Gasteiger partial charge in [0.25, 0.3) is 0 Å². The van der Waals surface area contributed by atoms with Gasteiger partial charge in [0.05, 0.1) is 6.61 Å². The topological polar surface area (TPSA) is 76.7 Å². The molecule has 1 aliphatic rings. The highest BCUT2D eigenvalue weighted by atomic mass is 35.5. The summed E-state index contributed by atoms with van der Waals surface area (Å²) in [4.78, 5) is -0.184. The summed E-state index contributed by atoms with van der Waals surface area (Å²) < 4.78 is 51.7. The second-order valence-electron chi connectivity index (χ2n) is 6.32. The molecule has 1 fully saturated rings. The quantitative estimate of drug-likeness (QED) is 0.657. The molecule has 0 saturated carbocycles. The van der Waals surface area contributed by atoms with Gasteiger partial charge in [0.2, 0.25) is 10.0 Å². The van der Waals surface area contributed by atoms with Gasteiger partial charge in [-0.1, -0.05) is 6.92 Å². The number of halogens is 2. The van der Waals surface area contributed by atoms with E-state index in [0.717, 1.165) is 32.0 Å². The van der Waals surface area contributed by atoms with Gasteiger partial charge >= 0.3 is 0 Å². The molecule has 0 spiro atoms. The molecule has 25 heavy (non-hydrogen) atoms. The van der Waals surface area contributed by atoms with Crippen molar-refractivity contribution >= 4 is 22.4 Å². The van der Waals surface area contributed by atoms with E-state index in [1.54, 1.807) is 0 Å². The Labute approximate surface area is 154 Å². The number of ether oxygens (including phenoxy) is 2. The molecule has 144 valence electrons. The summed E-state index contributed by atoms with van der Waals surface area (Å²) in [6, 6.07) is 3.48. The second kappa shape index (κ2) is 9.68. The van der Waals surface area contributed by atoms with E-state index in [2.05, 4.69) is 17.0 Å². The third kappa shape index (κ3) is 6.38. The first-order valence-electron chi connectivity index (χ1n) is 7.98. The molecule has 0 aromatic heterocycles. The number of methoxy groups -OCH3 is 1. The largest absolute Gasteiger partial charge is 0.490 e. The Morgan fingerprint density at radius 2 is 1.96 bits per heavy atom. The highest BCUT2D eigenvalue weighted by molar-refractivity contribution is 7.89. The van der Waals surface area contributed by atoms with Crippen molar-refractivity contribution in [2.45, 2.75) is 24.7 Å². The average Bonchev–Trinajstić information content (AvgIpc) is 2.55. The molecule has 0 bridgehead atoms. The third-order valence-electron chi connectivity index (χ3n) is 4.24. The molecule has 1 heterocycles. The van der Waals surface area contributed by atoms with Crippen LogP contribution in [0.2, 0.25) is 0 Å². The molecular formula is C16H26ClFN2O4S. The number of nitrogens with one attached hydrogen (secondary N) is 2. The Morgan fingerprint density at radius 3 is 2.60 bits per heavy atom. The normalized spacial score (nSPS) is 16.9. The monoisotopic (exact) mass is 396 g/mol. The summed E-state index contributed by atoms with van der Waals surface area (Å²) in [5.41, 5.74) is -0.108. The fraction of sp³-hybridized carbons (Fsp3) is 0.625. The van der Waals surface area contributed by atoms with Crippen LogP contribution in [0.5, 0.6) is 5.75 Å². The molecule has 9 heteroatoms. The van der Waals surface area contributed by atoms with Crippen LogP contribution in [0.15, 0.2) is 23.1 Å². The molecule has 1 aromatic carbocycles. The maximum Gasteiger partial charge on any atom is 0.244 e. The lowest BCUT2D eigenvalue weighted by Crippen LogP contribution is -2.42. The van der Waals surface area contributed by atoms with Crippen molar-refractivity contribution in [1.82, 2.24) is 10.0 Å². The minimum atomic E-state index is -3.86. The van der Waals surface area contributed by atoms with Gasteiger partial charge in [-0.3, -0.25) is 0 Å². The van der Waals surface area contributed by atoms with Crippen LogP contribution in [0.25, 0.3) is 0 Å². The Balaban J connectivity index is 0.00000312. The maximum absolute atomic E-state index is 13.6. The minimum absolute atomic E-state index is 0. The average molecular weight is 397 g/mol. The van der Waals surface area contributed by atoms with Crippen molar-refractivity contribution < 1.29 is 22.3 Å². The van der Waals surface area contributed by atoms with Crippen LogP contribution in [0.4, 0.5) is 4.39 Å². The molecule has 0 amide bonds. The highest BCUT2D eigenvalue weighted by Crippen LogP contribution is 2.29. The number of hydrogen-bond donors (Lipinski definition) is 2. The first-order chi connectivity index (χ1) is 11.4. The van der Waals surface area contributed by atoms with E-state index >= 15 is 0 Å². The fourth-order valence-electron chi connectivity index (χ4n) is 2.60. The number of rotatable bonds is 8. The van der Waals surface area contributed by atoms with E-state index < -0.39 is 15.8 Å². The Bertz CT molecular complexity index is 652. The summed E-state index contributed by atoms with van der Waals surface area (Å²) in [5, 5.41) is 3.26. The van der Waals surface area contributed by atoms with E-state index in [1.165, 1.54) is 19.2 Å². The lowest BCUT2D eigenvalue weighted by atomic mass is 9.81. The summed E-state index contributed by atoms with van der Waals surface area (Å²) in [5.74, 6) is -0.501. The predicted molar refractivity (Wildman–Crippen MR) is 96.4 cm³/mol. The van der Waals surface area contributed by atoms with Crippen molar-refractivity contribution in [2.75, 3.05) is 40.0 Å². The lowest BCUT2D eigenvalue weighted by molar-refractivity contribution is 0.144. The standard InChI is InChI=1S/C16H25FN2O4S.ClH/c1-16(5-7-18-8-6-16)12-19-24(20,21)15-11-13(17)3-4-14(15)23-10-9-22-2;/h3-4,11,18-19H,5-10,12H2,1-2H3;1H. The zero-order chi connectivity index (χ0) is 17.6. The molecule has 0 aliphatic carbocycles. The van der Waals surface area contributed by atoms with Gasteiger partial charge in [0, 0.05) is 13.7 Å². The number of hydrogen-bond acceptors (Lipinski definition) is 5. The van der Waals surface area contributed by atoms with Gasteiger partial charge in [-0.05, 0) is 49.5 Å². The molecule has 6 nitrogen and oxygen atoms in total. The third-order valence-corrected chi connectivity index (χ3v) is 5.66. The first kappa shape index (κ1) is 22.1. The molecule has 1 saturated heterocycles. The van der Waals surface area contributed by atoms with Crippen LogP contribution in [0.3, 0.4) is 0 Å². The van der Waals surface area contributed by atoms with Crippen LogP contribution in [0, 0.1) is 11.2 Å². The van der Waals surface area contributed by atoms with Crippen LogP contribution in [0.1, 0.15) is 19.8 Å². The van der Waals surface area contributed by atoms with Gasteiger partial charge in [-0.15, -0.1) is 12.4 Å². The van der Waals surface area contributed by atoms with Crippen molar-refractivity contribution in [3.8, 4) is 5.75 Å².